The molecular weight excluding hydrogens is 293 g/mol. The van der Waals surface area contributed by atoms with Crippen molar-refractivity contribution in [2.45, 2.75) is 31.7 Å². The minimum Gasteiger partial charge on any atom is -0.396 e. The molecule has 0 aromatic heterocycles. The molecule has 0 aliphatic heterocycles. The Bertz CT molecular complexity index is 509. The van der Waals surface area contributed by atoms with Gasteiger partial charge in [0, 0.05) is 30.8 Å². The largest absolute Gasteiger partial charge is 0.396 e. The SMILES string of the molecule is O=C(/C=C/c1c(F)cccc1Cl)N(CCCO)C1CCC1. The fourth-order valence-electron chi connectivity index (χ4n) is 2.33. The molecule has 0 heterocycles. The van der Waals surface area contributed by atoms with Crippen molar-refractivity contribution in [3.63, 3.8) is 0 Å². The number of rotatable bonds is 6. The number of benzene rings is 1. The number of amides is 1. The Balaban J connectivity index is 2.08. The van der Waals surface area contributed by atoms with Crippen LogP contribution in [0.15, 0.2) is 24.3 Å². The average molecular weight is 312 g/mol. The van der Waals surface area contributed by atoms with Crippen LogP contribution < -0.4 is 0 Å². The number of halogens is 2. The van der Waals surface area contributed by atoms with E-state index >= 15 is 0 Å². The van der Waals surface area contributed by atoms with E-state index < -0.39 is 5.82 Å². The summed E-state index contributed by atoms with van der Waals surface area (Å²) < 4.78 is 13.6. The van der Waals surface area contributed by atoms with Gasteiger partial charge in [-0.3, -0.25) is 4.79 Å². The number of nitrogens with zero attached hydrogens (tertiary/aromatic N) is 1. The fraction of sp³-hybridized carbons (Fsp3) is 0.438. The fourth-order valence-corrected chi connectivity index (χ4v) is 2.56. The summed E-state index contributed by atoms with van der Waals surface area (Å²) in [5.41, 5.74) is 0.225. The summed E-state index contributed by atoms with van der Waals surface area (Å²) in [6.45, 7) is 0.578. The van der Waals surface area contributed by atoms with Gasteiger partial charge in [0.1, 0.15) is 5.82 Å². The molecule has 0 saturated heterocycles. The molecule has 1 fully saturated rings. The lowest BCUT2D eigenvalue weighted by Gasteiger charge is -2.37. The lowest BCUT2D eigenvalue weighted by molar-refractivity contribution is -0.130. The van der Waals surface area contributed by atoms with Gasteiger partial charge in [0.25, 0.3) is 0 Å². The van der Waals surface area contributed by atoms with Crippen molar-refractivity contribution in [1.29, 1.82) is 0 Å². The van der Waals surface area contributed by atoms with Crippen LogP contribution in [-0.2, 0) is 4.79 Å². The molecular formula is C16H19ClFNO2. The zero-order chi connectivity index (χ0) is 15.2. The molecule has 0 atom stereocenters. The van der Waals surface area contributed by atoms with Gasteiger partial charge >= 0.3 is 0 Å². The van der Waals surface area contributed by atoms with Gasteiger partial charge in [-0.1, -0.05) is 17.7 Å². The normalized spacial score (nSPS) is 15.2. The lowest BCUT2D eigenvalue weighted by atomic mass is 9.91. The molecule has 21 heavy (non-hydrogen) atoms. The van der Waals surface area contributed by atoms with Crippen LogP contribution in [0.1, 0.15) is 31.2 Å². The molecule has 0 unspecified atom stereocenters. The summed E-state index contributed by atoms with van der Waals surface area (Å²) in [4.78, 5) is 14.0. The second-order valence-electron chi connectivity index (χ2n) is 5.16. The second-order valence-corrected chi connectivity index (χ2v) is 5.57. The lowest BCUT2D eigenvalue weighted by Crippen LogP contribution is -2.44. The number of aliphatic hydroxyl groups is 1. The predicted molar refractivity (Wildman–Crippen MR) is 81.5 cm³/mol. The highest BCUT2D eigenvalue weighted by atomic mass is 35.5. The molecule has 1 aliphatic carbocycles. The van der Waals surface area contributed by atoms with E-state index in [0.717, 1.165) is 19.3 Å². The number of hydrogen-bond acceptors (Lipinski definition) is 2. The first kappa shape index (κ1) is 16.0. The molecule has 5 heteroatoms. The van der Waals surface area contributed by atoms with Crippen LogP contribution in [-0.4, -0.2) is 35.1 Å². The first-order valence-corrected chi connectivity index (χ1v) is 7.55. The maximum Gasteiger partial charge on any atom is 0.246 e. The average Bonchev–Trinajstić information content (AvgIpc) is 2.40. The topological polar surface area (TPSA) is 40.5 Å². The van der Waals surface area contributed by atoms with Crippen molar-refractivity contribution in [3.8, 4) is 0 Å². The molecule has 0 spiro atoms. The van der Waals surface area contributed by atoms with Crippen LogP contribution >= 0.6 is 11.6 Å². The molecule has 1 amide bonds. The van der Waals surface area contributed by atoms with Crippen LogP contribution in [0.5, 0.6) is 0 Å². The third kappa shape index (κ3) is 4.05. The Labute approximate surface area is 129 Å². The Hall–Kier alpha value is -1.39. The third-order valence-electron chi connectivity index (χ3n) is 3.75. The second kappa shape index (κ2) is 7.57. The third-order valence-corrected chi connectivity index (χ3v) is 4.08. The van der Waals surface area contributed by atoms with Crippen LogP contribution in [0.2, 0.25) is 5.02 Å². The predicted octanol–water partition coefficient (Wildman–Crippen LogP) is 3.26. The molecule has 1 N–H and O–H groups in total. The summed E-state index contributed by atoms with van der Waals surface area (Å²) >= 11 is 5.93. The van der Waals surface area contributed by atoms with E-state index in [4.69, 9.17) is 16.7 Å². The zero-order valence-corrected chi connectivity index (χ0v) is 12.5. The molecule has 114 valence electrons. The Morgan fingerprint density at radius 2 is 2.24 bits per heavy atom. The molecule has 1 saturated carbocycles. The van der Waals surface area contributed by atoms with Crippen LogP contribution in [0.3, 0.4) is 0 Å². The van der Waals surface area contributed by atoms with Gasteiger partial charge in [-0.15, -0.1) is 0 Å². The van der Waals surface area contributed by atoms with Crippen LogP contribution in [0.25, 0.3) is 6.08 Å². The molecule has 0 radical (unpaired) electrons. The Morgan fingerprint density at radius 1 is 1.48 bits per heavy atom. The van der Waals surface area contributed by atoms with Crippen LogP contribution in [0.4, 0.5) is 4.39 Å². The van der Waals surface area contributed by atoms with Crippen molar-refractivity contribution >= 4 is 23.6 Å². The van der Waals surface area contributed by atoms with E-state index in [2.05, 4.69) is 0 Å². The molecule has 3 nitrogen and oxygen atoms in total. The first-order valence-electron chi connectivity index (χ1n) is 7.17. The minimum atomic E-state index is -0.447. The summed E-state index contributed by atoms with van der Waals surface area (Å²) in [6.07, 6.45) is 6.44. The first-order chi connectivity index (χ1) is 10.1. The molecule has 1 aliphatic rings. The van der Waals surface area contributed by atoms with Gasteiger partial charge in [0.15, 0.2) is 0 Å². The van der Waals surface area contributed by atoms with Crippen LogP contribution in [0, 0.1) is 5.82 Å². The standard InChI is InChI=1S/C16H19ClFNO2/c17-14-6-2-7-15(18)13(14)8-9-16(21)19(10-3-11-20)12-4-1-5-12/h2,6-9,12,20H,1,3-5,10-11H2/b9-8+. The van der Waals surface area contributed by atoms with E-state index in [-0.39, 0.29) is 29.1 Å². The maximum atomic E-state index is 13.6. The zero-order valence-electron chi connectivity index (χ0n) is 11.8. The van der Waals surface area contributed by atoms with Gasteiger partial charge in [-0.05, 0) is 43.9 Å². The minimum absolute atomic E-state index is 0.0549. The Kier molecular flexibility index (Phi) is 5.76. The van der Waals surface area contributed by atoms with E-state index in [1.165, 1.54) is 24.3 Å². The van der Waals surface area contributed by atoms with Crippen molar-refractivity contribution in [2.75, 3.05) is 13.2 Å². The van der Waals surface area contributed by atoms with Gasteiger partial charge in [0.05, 0.1) is 5.02 Å². The van der Waals surface area contributed by atoms with Gasteiger partial charge in [-0.25, -0.2) is 4.39 Å². The molecule has 1 aromatic carbocycles. The number of aliphatic hydroxyl groups excluding tert-OH is 1. The van der Waals surface area contributed by atoms with E-state index in [1.807, 2.05) is 0 Å². The molecule has 1 aromatic rings. The molecule has 2 rings (SSSR count). The highest BCUT2D eigenvalue weighted by Crippen LogP contribution is 2.26. The van der Waals surface area contributed by atoms with Crippen molar-refractivity contribution in [1.82, 2.24) is 4.90 Å². The monoisotopic (exact) mass is 311 g/mol. The Morgan fingerprint density at radius 3 is 2.81 bits per heavy atom. The van der Waals surface area contributed by atoms with E-state index in [0.29, 0.717) is 13.0 Å². The van der Waals surface area contributed by atoms with Crippen molar-refractivity contribution < 1.29 is 14.3 Å². The smallest absolute Gasteiger partial charge is 0.246 e. The highest BCUT2D eigenvalue weighted by molar-refractivity contribution is 6.32. The number of carbonyl (C=O) groups is 1. The van der Waals surface area contributed by atoms with Gasteiger partial charge < -0.3 is 10.0 Å². The van der Waals surface area contributed by atoms with E-state index in [1.54, 1.807) is 11.0 Å². The summed E-state index contributed by atoms with van der Waals surface area (Å²) in [5.74, 6) is -0.607. The highest BCUT2D eigenvalue weighted by Gasteiger charge is 2.27. The number of hydrogen-bond donors (Lipinski definition) is 1. The van der Waals surface area contributed by atoms with Crippen molar-refractivity contribution in [3.05, 3.63) is 40.7 Å². The van der Waals surface area contributed by atoms with E-state index in [9.17, 15) is 9.18 Å². The van der Waals surface area contributed by atoms with Gasteiger partial charge in [0.2, 0.25) is 5.91 Å². The summed E-state index contributed by atoms with van der Waals surface area (Å²) in [5, 5.41) is 9.21. The maximum absolute atomic E-state index is 13.6. The summed E-state index contributed by atoms with van der Waals surface area (Å²) in [6, 6.07) is 4.67. The molecule has 0 bridgehead atoms. The quantitative estimate of drug-likeness (QED) is 0.819. The van der Waals surface area contributed by atoms with Crippen molar-refractivity contribution in [2.24, 2.45) is 0 Å². The van der Waals surface area contributed by atoms with Gasteiger partial charge in [-0.2, -0.15) is 0 Å². The number of carbonyl (C=O) groups excluding carboxylic acids is 1. The summed E-state index contributed by atoms with van der Waals surface area (Å²) in [7, 11) is 0.